The minimum absolute atomic E-state index is 0.0980. The van der Waals surface area contributed by atoms with Crippen molar-refractivity contribution in [3.05, 3.63) is 57.3 Å². The fourth-order valence-electron chi connectivity index (χ4n) is 2.70. The van der Waals surface area contributed by atoms with E-state index in [4.69, 9.17) is 44.3 Å². The number of methoxy groups -OCH3 is 1. The molecule has 1 aromatic heterocycles. The second kappa shape index (κ2) is 10.9. The molecule has 0 spiro atoms. The Morgan fingerprint density at radius 1 is 1.13 bits per heavy atom. The first-order valence-corrected chi connectivity index (χ1v) is 11.3. The number of anilines is 1. The molecule has 0 aliphatic carbocycles. The van der Waals surface area contributed by atoms with Gasteiger partial charge in [-0.15, -0.1) is 10.2 Å². The summed E-state index contributed by atoms with van der Waals surface area (Å²) in [7, 11) is 1.58. The van der Waals surface area contributed by atoms with E-state index in [1.54, 1.807) is 7.11 Å². The molecular weight excluding hydrogens is 483 g/mol. The molecule has 0 unspecified atom stereocenters. The second-order valence-electron chi connectivity index (χ2n) is 6.16. The maximum atomic E-state index is 12.4. The van der Waals surface area contributed by atoms with E-state index in [-0.39, 0.29) is 28.3 Å². The average Bonchev–Trinajstić information content (AvgIpc) is 3.15. The summed E-state index contributed by atoms with van der Waals surface area (Å²) in [4.78, 5) is 12.4. The molecule has 0 saturated carbocycles. The number of hydrogen-bond donors (Lipinski definition) is 1. The minimum atomic E-state index is -0.284. The van der Waals surface area contributed by atoms with Gasteiger partial charge >= 0.3 is 0 Å². The first kappa shape index (κ1) is 23.5. The molecule has 164 valence electrons. The molecule has 7 nitrogen and oxygen atoms in total. The van der Waals surface area contributed by atoms with Gasteiger partial charge in [-0.3, -0.25) is 4.79 Å². The van der Waals surface area contributed by atoms with Crippen LogP contribution in [0.3, 0.4) is 0 Å². The number of ether oxygens (including phenoxy) is 2. The van der Waals surface area contributed by atoms with E-state index in [0.29, 0.717) is 39.7 Å². The van der Waals surface area contributed by atoms with Crippen molar-refractivity contribution in [3.8, 4) is 11.5 Å². The molecule has 0 radical (unpaired) electrons. The maximum absolute atomic E-state index is 12.4. The van der Waals surface area contributed by atoms with Gasteiger partial charge in [0, 0.05) is 11.6 Å². The van der Waals surface area contributed by atoms with Crippen molar-refractivity contribution in [2.24, 2.45) is 0 Å². The maximum Gasteiger partial charge on any atom is 0.234 e. The fourth-order valence-corrected chi connectivity index (χ4v) is 4.43. The molecular formula is C20H19Cl3N4O3S. The van der Waals surface area contributed by atoms with E-state index in [9.17, 15) is 4.79 Å². The van der Waals surface area contributed by atoms with E-state index in [1.165, 1.54) is 23.9 Å². The number of nitrogens with one attached hydrogen (secondary N) is 1. The highest BCUT2D eigenvalue weighted by Crippen LogP contribution is 2.34. The molecule has 0 atom stereocenters. The van der Waals surface area contributed by atoms with E-state index in [2.05, 4.69) is 15.5 Å². The second-order valence-corrected chi connectivity index (χ2v) is 8.36. The highest BCUT2D eigenvalue weighted by molar-refractivity contribution is 7.99. The zero-order valence-corrected chi connectivity index (χ0v) is 19.8. The number of para-hydroxylation sites is 2. The number of rotatable bonds is 9. The van der Waals surface area contributed by atoms with E-state index in [0.717, 1.165) is 0 Å². The summed E-state index contributed by atoms with van der Waals surface area (Å²) < 4.78 is 13.0. The van der Waals surface area contributed by atoms with Crippen LogP contribution < -0.4 is 14.8 Å². The van der Waals surface area contributed by atoms with Crippen LogP contribution in [0.4, 0.5) is 5.69 Å². The van der Waals surface area contributed by atoms with Crippen LogP contribution in [0.1, 0.15) is 12.7 Å². The predicted octanol–water partition coefficient (Wildman–Crippen LogP) is 5.58. The number of thioether (sulfide) groups is 1. The van der Waals surface area contributed by atoms with Gasteiger partial charge < -0.3 is 19.4 Å². The molecule has 31 heavy (non-hydrogen) atoms. The van der Waals surface area contributed by atoms with Crippen molar-refractivity contribution >= 4 is 58.2 Å². The van der Waals surface area contributed by atoms with Crippen molar-refractivity contribution in [2.75, 3.05) is 18.2 Å². The largest absolute Gasteiger partial charge is 0.493 e. The third-order valence-electron chi connectivity index (χ3n) is 4.14. The van der Waals surface area contributed by atoms with Crippen molar-refractivity contribution in [1.29, 1.82) is 0 Å². The molecule has 2 aromatic carbocycles. The normalized spacial score (nSPS) is 10.7. The lowest BCUT2D eigenvalue weighted by molar-refractivity contribution is -0.113. The quantitative estimate of drug-likeness (QED) is 0.386. The van der Waals surface area contributed by atoms with Gasteiger partial charge in [-0.2, -0.15) is 0 Å². The lowest BCUT2D eigenvalue weighted by Crippen LogP contribution is -2.15. The van der Waals surface area contributed by atoms with Gasteiger partial charge in [0.05, 0.1) is 28.6 Å². The van der Waals surface area contributed by atoms with Gasteiger partial charge in [-0.1, -0.05) is 58.7 Å². The third kappa shape index (κ3) is 5.98. The predicted molar refractivity (Wildman–Crippen MR) is 124 cm³/mol. The molecule has 0 aliphatic rings. The monoisotopic (exact) mass is 500 g/mol. The first-order valence-electron chi connectivity index (χ1n) is 9.18. The number of benzene rings is 2. The standard InChI is InChI=1S/C20H19Cl3N4O3S/c1-3-27-17(10-30-16-7-5-4-6-15(16)29-2)25-26-20(27)31-11-18(28)24-19-13(22)8-12(21)9-14(19)23/h4-9H,3,10-11H2,1-2H3,(H,24,28). The van der Waals surface area contributed by atoms with Crippen LogP contribution in [-0.4, -0.2) is 33.5 Å². The van der Waals surface area contributed by atoms with Gasteiger partial charge in [0.25, 0.3) is 0 Å². The van der Waals surface area contributed by atoms with Gasteiger partial charge in [-0.25, -0.2) is 0 Å². The van der Waals surface area contributed by atoms with Crippen LogP contribution in [0.5, 0.6) is 11.5 Å². The zero-order valence-electron chi connectivity index (χ0n) is 16.7. The molecule has 0 aliphatic heterocycles. The van der Waals surface area contributed by atoms with Crippen LogP contribution in [0.2, 0.25) is 15.1 Å². The molecule has 0 bridgehead atoms. The minimum Gasteiger partial charge on any atom is -0.493 e. The Labute approximate surface area is 199 Å². The summed E-state index contributed by atoms with van der Waals surface area (Å²) in [5.41, 5.74) is 0.321. The van der Waals surface area contributed by atoms with Crippen molar-refractivity contribution in [3.63, 3.8) is 0 Å². The van der Waals surface area contributed by atoms with Gasteiger partial charge in [0.15, 0.2) is 22.5 Å². The Kier molecular flexibility index (Phi) is 8.31. The number of halogens is 3. The molecule has 1 N–H and O–H groups in total. The lowest BCUT2D eigenvalue weighted by Gasteiger charge is -2.11. The molecule has 3 aromatic rings. The van der Waals surface area contributed by atoms with E-state index in [1.807, 2.05) is 35.8 Å². The highest BCUT2D eigenvalue weighted by Gasteiger charge is 2.16. The molecule has 1 amide bonds. The molecule has 0 saturated heterocycles. The summed E-state index contributed by atoms with van der Waals surface area (Å²) in [5, 5.41) is 12.6. The van der Waals surface area contributed by atoms with Crippen LogP contribution in [0, 0.1) is 0 Å². The number of carbonyl (C=O) groups is 1. The number of nitrogens with zero attached hydrogens (tertiary/aromatic N) is 3. The molecule has 1 heterocycles. The Morgan fingerprint density at radius 3 is 2.45 bits per heavy atom. The zero-order chi connectivity index (χ0) is 22.4. The number of amides is 1. The number of carbonyl (C=O) groups excluding carboxylic acids is 1. The summed E-state index contributed by atoms with van der Waals surface area (Å²) in [6.45, 7) is 2.80. The number of aromatic nitrogens is 3. The van der Waals surface area contributed by atoms with Crippen LogP contribution >= 0.6 is 46.6 Å². The summed E-state index contributed by atoms with van der Waals surface area (Å²) in [6.07, 6.45) is 0. The van der Waals surface area contributed by atoms with Gasteiger partial charge in [0.1, 0.15) is 6.61 Å². The SMILES string of the molecule is CCn1c(COc2ccccc2OC)nnc1SCC(=O)Nc1c(Cl)cc(Cl)cc1Cl. The Morgan fingerprint density at radius 2 is 1.81 bits per heavy atom. The lowest BCUT2D eigenvalue weighted by atomic mass is 10.3. The molecule has 3 rings (SSSR count). The summed E-state index contributed by atoms with van der Waals surface area (Å²) in [5.74, 6) is 1.70. The third-order valence-corrected chi connectivity index (χ3v) is 5.92. The van der Waals surface area contributed by atoms with E-state index < -0.39 is 0 Å². The van der Waals surface area contributed by atoms with Crippen molar-refractivity contribution in [1.82, 2.24) is 14.8 Å². The number of hydrogen-bond acceptors (Lipinski definition) is 6. The topological polar surface area (TPSA) is 78.3 Å². The average molecular weight is 502 g/mol. The Hall–Kier alpha value is -2.13. The highest BCUT2D eigenvalue weighted by atomic mass is 35.5. The summed E-state index contributed by atoms with van der Waals surface area (Å²) >= 11 is 19.4. The van der Waals surface area contributed by atoms with Gasteiger partial charge in [-0.05, 0) is 31.2 Å². The Bertz CT molecular complexity index is 1050. The van der Waals surface area contributed by atoms with Crippen LogP contribution in [-0.2, 0) is 17.9 Å². The Balaban J connectivity index is 1.62. The summed E-state index contributed by atoms with van der Waals surface area (Å²) in [6, 6.07) is 10.4. The van der Waals surface area contributed by atoms with Crippen LogP contribution in [0.15, 0.2) is 41.6 Å². The first-order chi connectivity index (χ1) is 14.9. The fraction of sp³-hybridized carbons (Fsp3) is 0.250. The van der Waals surface area contributed by atoms with E-state index >= 15 is 0 Å². The molecule has 11 heteroatoms. The van der Waals surface area contributed by atoms with Gasteiger partial charge in [0.2, 0.25) is 5.91 Å². The van der Waals surface area contributed by atoms with Crippen LogP contribution in [0.25, 0.3) is 0 Å². The van der Waals surface area contributed by atoms with Crippen molar-refractivity contribution < 1.29 is 14.3 Å². The smallest absolute Gasteiger partial charge is 0.234 e. The van der Waals surface area contributed by atoms with Crippen molar-refractivity contribution in [2.45, 2.75) is 25.2 Å². The molecule has 0 fully saturated rings.